The van der Waals surface area contributed by atoms with Crippen LogP contribution in [-0.4, -0.2) is 9.78 Å². The van der Waals surface area contributed by atoms with E-state index in [4.69, 9.17) is 15.2 Å². The molecule has 0 unspecified atom stereocenters. The molecule has 2 aromatic heterocycles. The molecule has 0 spiro atoms. The second kappa shape index (κ2) is 6.90. The summed E-state index contributed by atoms with van der Waals surface area (Å²) < 4.78 is 8.22. The smallest absolute Gasteiger partial charge is 0.193 e. The van der Waals surface area contributed by atoms with Crippen LogP contribution in [0.2, 0.25) is 0 Å². The molecule has 1 saturated carbocycles. The number of benzene rings is 3. The number of aromatic nitrogens is 2. The van der Waals surface area contributed by atoms with Crippen molar-refractivity contribution in [3.05, 3.63) is 88.6 Å². The van der Waals surface area contributed by atoms with Crippen LogP contribution >= 0.6 is 0 Å². The Hall–Kier alpha value is -3.70. The van der Waals surface area contributed by atoms with Gasteiger partial charge in [-0.25, -0.2) is 0 Å². The van der Waals surface area contributed by atoms with E-state index in [0.29, 0.717) is 22.2 Å². The second-order valence-electron chi connectivity index (χ2n) is 8.71. The number of nitrogens with two attached hydrogens (primary N) is 1. The van der Waals surface area contributed by atoms with Gasteiger partial charge in [-0.2, -0.15) is 5.10 Å². The lowest BCUT2D eigenvalue weighted by Gasteiger charge is -2.39. The number of nitrogens with zero attached hydrogens (tertiary/aromatic N) is 2. The summed E-state index contributed by atoms with van der Waals surface area (Å²) in [5.41, 5.74) is 11.4. The summed E-state index contributed by atoms with van der Waals surface area (Å²) in [4.78, 5) is 13.2. The minimum absolute atomic E-state index is 0.0805. The van der Waals surface area contributed by atoms with Crippen LogP contribution in [0.25, 0.3) is 44.5 Å². The standard InChI is InChI=1S/C27H23N3O2/c1-30-25(18-11-6-3-7-12-18)23-20(27(28)13-8-14-27)15-19-21(31)16-22(17-9-4-2-5-10-17)32-26(19)24(23)29-30/h2-7,9-12,15-16H,8,13-14,28H2,1H3. The van der Waals surface area contributed by atoms with Crippen LogP contribution in [0.3, 0.4) is 0 Å². The van der Waals surface area contributed by atoms with Gasteiger partial charge in [0.15, 0.2) is 11.0 Å². The van der Waals surface area contributed by atoms with Gasteiger partial charge in [0.1, 0.15) is 11.3 Å². The van der Waals surface area contributed by atoms with Crippen molar-refractivity contribution in [2.45, 2.75) is 24.8 Å². The molecular formula is C27H23N3O2. The molecule has 0 amide bonds. The van der Waals surface area contributed by atoms with Gasteiger partial charge in [0, 0.05) is 35.2 Å². The zero-order valence-electron chi connectivity index (χ0n) is 17.8. The maximum absolute atomic E-state index is 13.2. The quantitative estimate of drug-likeness (QED) is 0.426. The van der Waals surface area contributed by atoms with Crippen LogP contribution < -0.4 is 11.2 Å². The lowest BCUT2D eigenvalue weighted by molar-refractivity contribution is 0.256. The molecule has 5 aromatic rings. The molecule has 2 N–H and O–H groups in total. The number of aryl methyl sites for hydroxylation is 1. The molecule has 0 aliphatic heterocycles. The predicted octanol–water partition coefficient (Wildman–Crippen LogP) is 5.35. The Morgan fingerprint density at radius 3 is 2.25 bits per heavy atom. The highest BCUT2D eigenvalue weighted by Gasteiger charge is 2.38. The summed E-state index contributed by atoms with van der Waals surface area (Å²) >= 11 is 0. The maximum atomic E-state index is 13.2. The fourth-order valence-corrected chi connectivity index (χ4v) is 4.86. The number of hydrogen-bond donors (Lipinski definition) is 1. The number of fused-ring (bicyclic) bond motifs is 3. The summed E-state index contributed by atoms with van der Waals surface area (Å²) in [5.74, 6) is 0.537. The van der Waals surface area contributed by atoms with E-state index in [9.17, 15) is 4.79 Å². The first kappa shape index (κ1) is 19.0. The monoisotopic (exact) mass is 421 g/mol. The molecule has 5 heteroatoms. The Bertz CT molecular complexity index is 1530. The minimum Gasteiger partial charge on any atom is -0.453 e. The van der Waals surface area contributed by atoms with Gasteiger partial charge in [-0.3, -0.25) is 9.48 Å². The molecule has 0 atom stereocenters. The Morgan fingerprint density at radius 2 is 1.62 bits per heavy atom. The zero-order chi connectivity index (χ0) is 21.9. The first-order valence-electron chi connectivity index (χ1n) is 10.9. The van der Waals surface area contributed by atoms with E-state index in [1.54, 1.807) is 6.07 Å². The molecular weight excluding hydrogens is 398 g/mol. The average molecular weight is 422 g/mol. The molecule has 1 aliphatic carbocycles. The van der Waals surface area contributed by atoms with E-state index in [1.807, 2.05) is 66.3 Å². The highest BCUT2D eigenvalue weighted by Crippen LogP contribution is 2.46. The molecule has 2 heterocycles. The Balaban J connectivity index is 1.75. The van der Waals surface area contributed by atoms with Crippen molar-refractivity contribution >= 4 is 21.9 Å². The van der Waals surface area contributed by atoms with Gasteiger partial charge >= 0.3 is 0 Å². The molecule has 1 fully saturated rings. The van der Waals surface area contributed by atoms with E-state index >= 15 is 0 Å². The molecule has 0 saturated heterocycles. The lowest BCUT2D eigenvalue weighted by atomic mass is 9.71. The lowest BCUT2D eigenvalue weighted by Crippen LogP contribution is -2.43. The summed E-state index contributed by atoms with van der Waals surface area (Å²) in [6.45, 7) is 0. The topological polar surface area (TPSA) is 74.1 Å². The zero-order valence-corrected chi connectivity index (χ0v) is 17.8. The van der Waals surface area contributed by atoms with Gasteiger partial charge in [0.2, 0.25) is 0 Å². The van der Waals surface area contributed by atoms with Crippen LogP contribution in [-0.2, 0) is 12.6 Å². The third kappa shape index (κ3) is 2.75. The van der Waals surface area contributed by atoms with Crippen molar-refractivity contribution in [3.63, 3.8) is 0 Å². The van der Waals surface area contributed by atoms with Crippen molar-refractivity contribution in [3.8, 4) is 22.6 Å². The van der Waals surface area contributed by atoms with Gasteiger partial charge in [-0.15, -0.1) is 0 Å². The molecule has 0 bridgehead atoms. The average Bonchev–Trinajstić information content (AvgIpc) is 3.15. The highest BCUT2D eigenvalue weighted by molar-refractivity contribution is 6.09. The van der Waals surface area contributed by atoms with Crippen LogP contribution in [0, 0.1) is 0 Å². The molecule has 0 radical (unpaired) electrons. The van der Waals surface area contributed by atoms with Crippen molar-refractivity contribution in [1.82, 2.24) is 9.78 Å². The van der Waals surface area contributed by atoms with E-state index in [0.717, 1.165) is 47.0 Å². The summed E-state index contributed by atoms with van der Waals surface area (Å²) in [7, 11) is 1.93. The van der Waals surface area contributed by atoms with E-state index in [1.165, 1.54) is 0 Å². The predicted molar refractivity (Wildman–Crippen MR) is 127 cm³/mol. The third-order valence-electron chi connectivity index (χ3n) is 6.69. The van der Waals surface area contributed by atoms with Crippen molar-refractivity contribution in [2.75, 3.05) is 0 Å². The SMILES string of the molecule is Cn1nc2c(c(C3(N)CCC3)cc3c(=O)cc(-c4ccccc4)oc32)c1-c1ccccc1. The maximum Gasteiger partial charge on any atom is 0.193 e. The first-order chi connectivity index (χ1) is 15.5. The number of hydrogen-bond acceptors (Lipinski definition) is 4. The highest BCUT2D eigenvalue weighted by atomic mass is 16.3. The van der Waals surface area contributed by atoms with E-state index < -0.39 is 5.54 Å². The molecule has 3 aromatic carbocycles. The number of rotatable bonds is 3. The van der Waals surface area contributed by atoms with Crippen LogP contribution in [0.4, 0.5) is 0 Å². The van der Waals surface area contributed by atoms with E-state index in [2.05, 4.69) is 12.1 Å². The Labute approximate surface area is 185 Å². The molecule has 158 valence electrons. The third-order valence-corrected chi connectivity index (χ3v) is 6.69. The first-order valence-corrected chi connectivity index (χ1v) is 10.9. The molecule has 6 rings (SSSR count). The van der Waals surface area contributed by atoms with Crippen molar-refractivity contribution < 1.29 is 4.42 Å². The van der Waals surface area contributed by atoms with Crippen molar-refractivity contribution in [1.29, 1.82) is 0 Å². The fourth-order valence-electron chi connectivity index (χ4n) is 4.86. The molecule has 1 aliphatic rings. The van der Waals surface area contributed by atoms with Crippen LogP contribution in [0.1, 0.15) is 24.8 Å². The van der Waals surface area contributed by atoms with Crippen LogP contribution in [0.5, 0.6) is 0 Å². The minimum atomic E-state index is -0.455. The molecule has 5 nitrogen and oxygen atoms in total. The van der Waals surface area contributed by atoms with Crippen molar-refractivity contribution in [2.24, 2.45) is 12.8 Å². The summed E-state index contributed by atoms with van der Waals surface area (Å²) in [6.07, 6.45) is 2.87. The summed E-state index contributed by atoms with van der Waals surface area (Å²) in [5, 5.41) is 6.36. The van der Waals surface area contributed by atoms with E-state index in [-0.39, 0.29) is 5.43 Å². The second-order valence-corrected chi connectivity index (χ2v) is 8.71. The van der Waals surface area contributed by atoms with Gasteiger partial charge in [0.05, 0.1) is 11.1 Å². The normalized spacial score (nSPS) is 15.2. The van der Waals surface area contributed by atoms with Crippen LogP contribution in [0.15, 0.2) is 82.0 Å². The Morgan fingerprint density at radius 1 is 0.969 bits per heavy atom. The van der Waals surface area contributed by atoms with Gasteiger partial charge in [0.25, 0.3) is 0 Å². The van der Waals surface area contributed by atoms with Gasteiger partial charge < -0.3 is 10.2 Å². The Kier molecular flexibility index (Phi) is 4.10. The molecule has 32 heavy (non-hydrogen) atoms. The summed E-state index contributed by atoms with van der Waals surface area (Å²) in [6, 6.07) is 23.4. The largest absolute Gasteiger partial charge is 0.453 e. The van der Waals surface area contributed by atoms with Gasteiger partial charge in [-0.05, 0) is 30.9 Å². The fraction of sp³-hybridized carbons (Fsp3) is 0.185. The van der Waals surface area contributed by atoms with Gasteiger partial charge in [-0.1, -0.05) is 60.7 Å².